The lowest BCUT2D eigenvalue weighted by molar-refractivity contribution is -0.123. The summed E-state index contributed by atoms with van der Waals surface area (Å²) in [5, 5.41) is 2.82. The van der Waals surface area contributed by atoms with Crippen LogP contribution in [0.2, 0.25) is 0 Å². The summed E-state index contributed by atoms with van der Waals surface area (Å²) in [5.74, 6) is 0.153. The number of carbonyl (C=O) groups is 2. The Morgan fingerprint density at radius 3 is 2.70 bits per heavy atom. The second-order valence-electron chi connectivity index (χ2n) is 7.06. The van der Waals surface area contributed by atoms with Gasteiger partial charge in [-0.2, -0.15) is 0 Å². The molecular formula is C17H25N3O3. The molecule has 6 nitrogen and oxygen atoms in total. The molecule has 0 aliphatic carbocycles. The maximum atomic E-state index is 12.6. The molecule has 0 aromatic carbocycles. The van der Waals surface area contributed by atoms with Crippen LogP contribution in [0.1, 0.15) is 40.5 Å². The van der Waals surface area contributed by atoms with E-state index in [9.17, 15) is 9.59 Å². The van der Waals surface area contributed by atoms with Gasteiger partial charge in [0.1, 0.15) is 11.6 Å². The predicted molar refractivity (Wildman–Crippen MR) is 88.0 cm³/mol. The van der Waals surface area contributed by atoms with Gasteiger partial charge in [-0.1, -0.05) is 6.92 Å². The van der Waals surface area contributed by atoms with Gasteiger partial charge in [0.15, 0.2) is 0 Å². The fraction of sp³-hybridized carbons (Fsp3) is 0.588. The van der Waals surface area contributed by atoms with Crippen molar-refractivity contribution in [1.82, 2.24) is 9.88 Å². The van der Waals surface area contributed by atoms with Crippen LogP contribution in [0.15, 0.2) is 24.5 Å². The molecule has 0 bridgehead atoms. The number of amides is 2. The molecule has 1 aliphatic heterocycles. The quantitative estimate of drug-likeness (QED) is 0.909. The lowest BCUT2D eigenvalue weighted by atomic mass is 9.94. The minimum atomic E-state index is -0.581. The highest BCUT2D eigenvalue weighted by Gasteiger charge is 2.37. The van der Waals surface area contributed by atoms with Crippen molar-refractivity contribution in [2.24, 2.45) is 5.92 Å². The highest BCUT2D eigenvalue weighted by Crippen LogP contribution is 2.25. The highest BCUT2D eigenvalue weighted by atomic mass is 16.6. The normalized spacial score (nSPS) is 21.7. The van der Waals surface area contributed by atoms with E-state index in [1.54, 1.807) is 29.4 Å². The Labute approximate surface area is 137 Å². The van der Waals surface area contributed by atoms with Crippen molar-refractivity contribution in [3.63, 3.8) is 0 Å². The van der Waals surface area contributed by atoms with Crippen molar-refractivity contribution in [2.45, 2.75) is 52.2 Å². The third kappa shape index (κ3) is 4.94. The monoisotopic (exact) mass is 319 g/mol. The molecule has 126 valence electrons. The lowest BCUT2D eigenvalue weighted by Crippen LogP contribution is -2.53. The molecule has 0 radical (unpaired) electrons. The van der Waals surface area contributed by atoms with Crippen LogP contribution in [0.4, 0.5) is 10.5 Å². The van der Waals surface area contributed by atoms with Crippen LogP contribution in [-0.2, 0) is 9.53 Å². The molecule has 0 saturated carbocycles. The van der Waals surface area contributed by atoms with E-state index < -0.39 is 17.7 Å². The van der Waals surface area contributed by atoms with E-state index in [2.05, 4.69) is 17.2 Å². The van der Waals surface area contributed by atoms with Crippen LogP contribution in [0, 0.1) is 5.92 Å². The van der Waals surface area contributed by atoms with E-state index >= 15 is 0 Å². The van der Waals surface area contributed by atoms with Crippen LogP contribution in [0.3, 0.4) is 0 Å². The van der Waals surface area contributed by atoms with Gasteiger partial charge >= 0.3 is 6.09 Å². The van der Waals surface area contributed by atoms with Crippen molar-refractivity contribution in [1.29, 1.82) is 0 Å². The smallest absolute Gasteiger partial charge is 0.410 e. The molecule has 0 spiro atoms. The molecule has 2 unspecified atom stereocenters. The zero-order chi connectivity index (χ0) is 17.0. The first-order valence-electron chi connectivity index (χ1n) is 7.97. The first kappa shape index (κ1) is 17.2. The highest BCUT2D eigenvalue weighted by molar-refractivity contribution is 5.96. The molecular weight excluding hydrogens is 294 g/mol. The number of pyridine rings is 1. The SMILES string of the molecule is CC1CCC(C(=O)Nc2cccnc2)N(C(=O)OC(C)(C)C)C1. The molecule has 6 heteroatoms. The van der Waals surface area contributed by atoms with Crippen LogP contribution in [-0.4, -0.2) is 40.1 Å². The summed E-state index contributed by atoms with van der Waals surface area (Å²) in [4.78, 5) is 30.5. The van der Waals surface area contributed by atoms with Gasteiger partial charge in [0.05, 0.1) is 11.9 Å². The number of likely N-dealkylation sites (tertiary alicyclic amines) is 1. The fourth-order valence-corrected chi connectivity index (χ4v) is 2.61. The Morgan fingerprint density at radius 1 is 1.35 bits per heavy atom. The Hall–Kier alpha value is -2.11. The Bertz CT molecular complexity index is 554. The van der Waals surface area contributed by atoms with Crippen LogP contribution < -0.4 is 5.32 Å². The number of anilines is 1. The first-order chi connectivity index (χ1) is 10.8. The zero-order valence-electron chi connectivity index (χ0n) is 14.2. The number of carbonyl (C=O) groups excluding carboxylic acids is 2. The number of nitrogens with one attached hydrogen (secondary N) is 1. The van der Waals surface area contributed by atoms with Crippen molar-refractivity contribution < 1.29 is 14.3 Å². The summed E-state index contributed by atoms with van der Waals surface area (Å²) < 4.78 is 5.45. The summed E-state index contributed by atoms with van der Waals surface area (Å²) in [6.45, 7) is 8.07. The average Bonchev–Trinajstić information content (AvgIpc) is 2.46. The largest absolute Gasteiger partial charge is 0.444 e. The molecule has 1 aliphatic rings. The molecule has 1 N–H and O–H groups in total. The standard InChI is InChI=1S/C17H25N3O3/c1-12-7-8-14(15(21)19-13-6-5-9-18-10-13)20(11-12)16(22)23-17(2,3)4/h5-6,9-10,12,14H,7-8,11H2,1-4H3,(H,19,21). The van der Waals surface area contributed by atoms with Crippen molar-refractivity contribution >= 4 is 17.7 Å². The molecule has 1 aromatic heterocycles. The fourth-order valence-electron chi connectivity index (χ4n) is 2.61. The second kappa shape index (κ2) is 6.98. The predicted octanol–water partition coefficient (Wildman–Crippen LogP) is 3.06. The molecule has 2 heterocycles. The third-order valence-electron chi connectivity index (χ3n) is 3.68. The van der Waals surface area contributed by atoms with Gasteiger partial charge in [-0.05, 0) is 51.7 Å². The number of hydrogen-bond donors (Lipinski definition) is 1. The van der Waals surface area contributed by atoms with E-state index in [0.717, 1.165) is 6.42 Å². The summed E-state index contributed by atoms with van der Waals surface area (Å²) in [7, 11) is 0. The molecule has 1 aromatic rings. The van der Waals surface area contributed by atoms with Gasteiger partial charge in [-0.25, -0.2) is 4.79 Å². The number of aromatic nitrogens is 1. The molecule has 2 amide bonds. The van der Waals surface area contributed by atoms with Crippen molar-refractivity contribution in [2.75, 3.05) is 11.9 Å². The molecule has 1 fully saturated rings. The number of rotatable bonds is 2. The Balaban J connectivity index is 2.10. The lowest BCUT2D eigenvalue weighted by Gasteiger charge is -2.38. The van der Waals surface area contributed by atoms with Gasteiger partial charge in [0.2, 0.25) is 5.91 Å². The Kier molecular flexibility index (Phi) is 5.23. The molecule has 2 atom stereocenters. The molecule has 23 heavy (non-hydrogen) atoms. The summed E-state index contributed by atoms with van der Waals surface area (Å²) in [5.41, 5.74) is 0.0440. The Morgan fingerprint density at radius 2 is 2.09 bits per heavy atom. The van der Waals surface area contributed by atoms with Crippen molar-refractivity contribution in [3.8, 4) is 0 Å². The van der Waals surface area contributed by atoms with Gasteiger partial charge in [-0.15, -0.1) is 0 Å². The number of hydrogen-bond acceptors (Lipinski definition) is 4. The number of nitrogens with zero attached hydrogens (tertiary/aromatic N) is 2. The molecule has 1 saturated heterocycles. The van der Waals surface area contributed by atoms with Crippen LogP contribution >= 0.6 is 0 Å². The van der Waals surface area contributed by atoms with Crippen molar-refractivity contribution in [3.05, 3.63) is 24.5 Å². The maximum Gasteiger partial charge on any atom is 0.410 e. The summed E-state index contributed by atoms with van der Waals surface area (Å²) in [6.07, 6.45) is 4.33. The van der Waals surface area contributed by atoms with E-state index in [-0.39, 0.29) is 5.91 Å². The minimum Gasteiger partial charge on any atom is -0.444 e. The minimum absolute atomic E-state index is 0.198. The topological polar surface area (TPSA) is 71.5 Å². The third-order valence-corrected chi connectivity index (χ3v) is 3.68. The first-order valence-corrected chi connectivity index (χ1v) is 7.97. The maximum absolute atomic E-state index is 12.6. The van der Waals surface area contributed by atoms with Gasteiger partial charge in [0.25, 0.3) is 0 Å². The average molecular weight is 319 g/mol. The number of piperidine rings is 1. The van der Waals surface area contributed by atoms with Gasteiger partial charge in [-0.3, -0.25) is 14.7 Å². The van der Waals surface area contributed by atoms with Crippen LogP contribution in [0.5, 0.6) is 0 Å². The van der Waals surface area contributed by atoms with E-state index in [1.807, 2.05) is 20.8 Å². The van der Waals surface area contributed by atoms with E-state index in [1.165, 1.54) is 0 Å². The molecule has 2 rings (SSSR count). The van der Waals surface area contributed by atoms with E-state index in [0.29, 0.717) is 24.6 Å². The van der Waals surface area contributed by atoms with Crippen LogP contribution in [0.25, 0.3) is 0 Å². The van der Waals surface area contributed by atoms with Gasteiger partial charge in [0, 0.05) is 12.7 Å². The zero-order valence-corrected chi connectivity index (χ0v) is 14.2. The summed E-state index contributed by atoms with van der Waals surface area (Å²) in [6, 6.07) is 3.01. The van der Waals surface area contributed by atoms with E-state index in [4.69, 9.17) is 4.74 Å². The summed E-state index contributed by atoms with van der Waals surface area (Å²) >= 11 is 0. The second-order valence-corrected chi connectivity index (χ2v) is 7.06. The number of ether oxygens (including phenoxy) is 1. The van der Waals surface area contributed by atoms with Gasteiger partial charge < -0.3 is 10.1 Å².